The van der Waals surface area contributed by atoms with Crippen molar-refractivity contribution in [2.24, 2.45) is 13.0 Å². The van der Waals surface area contributed by atoms with Crippen molar-refractivity contribution in [2.45, 2.75) is 45.6 Å². The van der Waals surface area contributed by atoms with Gasteiger partial charge in [0, 0.05) is 13.1 Å². The largest absolute Gasteiger partial charge is 0.362 e. The highest BCUT2D eigenvalue weighted by Crippen LogP contribution is 2.33. The van der Waals surface area contributed by atoms with Gasteiger partial charge < -0.3 is 5.32 Å². The van der Waals surface area contributed by atoms with E-state index < -0.39 is 0 Å². The summed E-state index contributed by atoms with van der Waals surface area (Å²) < 4.78 is 1.60. The zero-order valence-corrected chi connectivity index (χ0v) is 11.1. The van der Waals surface area contributed by atoms with E-state index in [2.05, 4.69) is 17.3 Å². The molecule has 1 aliphatic carbocycles. The molecule has 6 nitrogen and oxygen atoms in total. The van der Waals surface area contributed by atoms with Crippen molar-refractivity contribution in [3.8, 4) is 0 Å². The number of aromatic nitrogens is 2. The summed E-state index contributed by atoms with van der Waals surface area (Å²) in [6.45, 7) is 4.07. The molecule has 1 heterocycles. The van der Waals surface area contributed by atoms with Crippen LogP contribution < -0.4 is 5.32 Å². The minimum atomic E-state index is -0.326. The van der Waals surface area contributed by atoms with E-state index in [1.165, 1.54) is 12.8 Å². The molecule has 1 N–H and O–H groups in total. The molecule has 0 spiro atoms. The summed E-state index contributed by atoms with van der Waals surface area (Å²) in [5.41, 5.74) is 0.690. The zero-order chi connectivity index (χ0) is 13.3. The highest BCUT2D eigenvalue weighted by atomic mass is 16.6. The van der Waals surface area contributed by atoms with E-state index in [0.717, 1.165) is 6.42 Å². The molecule has 0 radical (unpaired) electrons. The number of nitro groups is 1. The third-order valence-electron chi connectivity index (χ3n) is 3.79. The second kappa shape index (κ2) is 4.96. The van der Waals surface area contributed by atoms with Crippen LogP contribution in [0.2, 0.25) is 0 Å². The van der Waals surface area contributed by atoms with Gasteiger partial charge in [0.05, 0.1) is 4.92 Å². The summed E-state index contributed by atoms with van der Waals surface area (Å²) in [6.07, 6.45) is 4.02. The number of nitrogens with one attached hydrogen (secondary N) is 1. The van der Waals surface area contributed by atoms with E-state index in [0.29, 0.717) is 29.9 Å². The first-order valence-corrected chi connectivity index (χ1v) is 6.51. The first-order valence-electron chi connectivity index (χ1n) is 6.51. The van der Waals surface area contributed by atoms with Crippen molar-refractivity contribution in [1.82, 2.24) is 9.78 Å². The number of anilines is 1. The number of nitrogens with zero attached hydrogens (tertiary/aromatic N) is 3. The SMILES string of the molecule is CCc1nn(C)c(NC2CCCC2C)c1[N+](=O)[O-]. The summed E-state index contributed by atoms with van der Waals surface area (Å²) >= 11 is 0. The molecule has 0 amide bonds. The minimum absolute atomic E-state index is 0.138. The molecule has 1 fully saturated rings. The molecule has 1 aromatic rings. The van der Waals surface area contributed by atoms with Crippen LogP contribution in [-0.4, -0.2) is 20.7 Å². The Labute approximate surface area is 107 Å². The Morgan fingerprint density at radius 3 is 2.78 bits per heavy atom. The number of aryl methyl sites for hydroxylation is 2. The maximum absolute atomic E-state index is 11.2. The third-order valence-corrected chi connectivity index (χ3v) is 3.79. The Hall–Kier alpha value is -1.59. The lowest BCUT2D eigenvalue weighted by molar-refractivity contribution is -0.384. The van der Waals surface area contributed by atoms with Crippen molar-refractivity contribution < 1.29 is 4.92 Å². The monoisotopic (exact) mass is 252 g/mol. The van der Waals surface area contributed by atoms with E-state index in [9.17, 15) is 10.1 Å². The maximum Gasteiger partial charge on any atom is 0.333 e. The fraction of sp³-hybridized carbons (Fsp3) is 0.750. The van der Waals surface area contributed by atoms with Gasteiger partial charge in [0.1, 0.15) is 5.69 Å². The molecule has 0 aliphatic heterocycles. The Morgan fingerprint density at radius 1 is 1.56 bits per heavy atom. The maximum atomic E-state index is 11.2. The van der Waals surface area contributed by atoms with Crippen LogP contribution in [0.5, 0.6) is 0 Å². The molecule has 1 aromatic heterocycles. The summed E-state index contributed by atoms with van der Waals surface area (Å²) in [4.78, 5) is 10.9. The molecule has 0 aromatic carbocycles. The van der Waals surface area contributed by atoms with Gasteiger partial charge in [-0.25, -0.2) is 4.68 Å². The Balaban J connectivity index is 2.31. The molecule has 2 atom stereocenters. The fourth-order valence-corrected chi connectivity index (χ4v) is 2.70. The van der Waals surface area contributed by atoms with Crippen LogP contribution in [-0.2, 0) is 13.5 Å². The second-order valence-electron chi connectivity index (χ2n) is 5.04. The fourth-order valence-electron chi connectivity index (χ4n) is 2.70. The van der Waals surface area contributed by atoms with E-state index >= 15 is 0 Å². The molecule has 0 bridgehead atoms. The molecular formula is C12H20N4O2. The highest BCUT2D eigenvalue weighted by molar-refractivity contribution is 5.60. The van der Waals surface area contributed by atoms with Crippen molar-refractivity contribution in [1.29, 1.82) is 0 Å². The smallest absolute Gasteiger partial charge is 0.333 e. The van der Waals surface area contributed by atoms with E-state index in [1.807, 2.05) is 6.92 Å². The van der Waals surface area contributed by atoms with Crippen molar-refractivity contribution in [2.75, 3.05) is 5.32 Å². The first-order chi connectivity index (χ1) is 8.54. The van der Waals surface area contributed by atoms with Crippen molar-refractivity contribution in [3.63, 3.8) is 0 Å². The zero-order valence-electron chi connectivity index (χ0n) is 11.1. The predicted octanol–water partition coefficient (Wildman–Crippen LogP) is 2.49. The van der Waals surface area contributed by atoms with E-state index in [-0.39, 0.29) is 10.6 Å². The van der Waals surface area contributed by atoms with Crippen LogP contribution in [0.25, 0.3) is 0 Å². The number of rotatable bonds is 4. The average Bonchev–Trinajstić information content (AvgIpc) is 2.85. The van der Waals surface area contributed by atoms with Crippen LogP contribution in [0.3, 0.4) is 0 Å². The topological polar surface area (TPSA) is 73.0 Å². The summed E-state index contributed by atoms with van der Waals surface area (Å²) in [5.74, 6) is 1.11. The molecule has 1 aliphatic rings. The van der Waals surface area contributed by atoms with E-state index in [1.54, 1.807) is 11.7 Å². The lowest BCUT2D eigenvalue weighted by Crippen LogP contribution is -2.23. The Kier molecular flexibility index (Phi) is 3.54. The second-order valence-corrected chi connectivity index (χ2v) is 5.04. The number of hydrogen-bond acceptors (Lipinski definition) is 4. The minimum Gasteiger partial charge on any atom is -0.362 e. The van der Waals surface area contributed by atoms with Crippen LogP contribution in [0.1, 0.15) is 38.8 Å². The summed E-state index contributed by atoms with van der Waals surface area (Å²) in [7, 11) is 1.76. The molecule has 100 valence electrons. The third kappa shape index (κ3) is 2.19. The quantitative estimate of drug-likeness (QED) is 0.660. The molecule has 18 heavy (non-hydrogen) atoms. The Morgan fingerprint density at radius 2 is 2.28 bits per heavy atom. The van der Waals surface area contributed by atoms with Gasteiger partial charge in [-0.15, -0.1) is 0 Å². The highest BCUT2D eigenvalue weighted by Gasteiger charge is 2.30. The lowest BCUT2D eigenvalue weighted by atomic mass is 10.1. The van der Waals surface area contributed by atoms with Crippen LogP contribution in [0, 0.1) is 16.0 Å². The first kappa shape index (κ1) is 12.9. The molecule has 0 saturated heterocycles. The van der Waals surface area contributed by atoms with Gasteiger partial charge in [0.25, 0.3) is 0 Å². The van der Waals surface area contributed by atoms with Crippen LogP contribution >= 0.6 is 0 Å². The number of hydrogen-bond donors (Lipinski definition) is 1. The van der Waals surface area contributed by atoms with Crippen molar-refractivity contribution >= 4 is 11.5 Å². The van der Waals surface area contributed by atoms with Crippen LogP contribution in [0.4, 0.5) is 11.5 Å². The Bertz CT molecular complexity index is 455. The van der Waals surface area contributed by atoms with Gasteiger partial charge in [-0.2, -0.15) is 5.10 Å². The van der Waals surface area contributed by atoms with Gasteiger partial charge in [0.15, 0.2) is 0 Å². The van der Waals surface area contributed by atoms with Gasteiger partial charge in [-0.1, -0.05) is 20.3 Å². The van der Waals surface area contributed by atoms with Gasteiger partial charge >= 0.3 is 5.69 Å². The van der Waals surface area contributed by atoms with Gasteiger partial charge in [-0.05, 0) is 25.2 Å². The van der Waals surface area contributed by atoms with Gasteiger partial charge in [0.2, 0.25) is 5.82 Å². The predicted molar refractivity (Wildman–Crippen MR) is 69.7 cm³/mol. The molecule has 6 heteroatoms. The molecule has 1 saturated carbocycles. The molecular weight excluding hydrogens is 232 g/mol. The molecule has 2 unspecified atom stereocenters. The normalized spacial score (nSPS) is 23.3. The molecule has 2 rings (SSSR count). The summed E-state index contributed by atoms with van der Waals surface area (Å²) in [6, 6.07) is 0.323. The lowest BCUT2D eigenvalue weighted by Gasteiger charge is -2.17. The van der Waals surface area contributed by atoms with Crippen molar-refractivity contribution in [3.05, 3.63) is 15.8 Å². The average molecular weight is 252 g/mol. The van der Waals surface area contributed by atoms with Crippen LogP contribution in [0.15, 0.2) is 0 Å². The standard InChI is InChI=1S/C12H20N4O2/c1-4-9-11(16(17)18)12(15(3)14-9)13-10-7-5-6-8(10)2/h8,10,13H,4-7H2,1-3H3. The summed E-state index contributed by atoms with van der Waals surface area (Å²) in [5, 5.41) is 18.7. The van der Waals surface area contributed by atoms with Gasteiger partial charge in [-0.3, -0.25) is 10.1 Å². The van der Waals surface area contributed by atoms with E-state index in [4.69, 9.17) is 0 Å².